The van der Waals surface area contributed by atoms with Crippen LogP contribution in [0, 0.1) is 0 Å². The van der Waals surface area contributed by atoms with Crippen molar-refractivity contribution in [3.8, 4) is 11.5 Å². The van der Waals surface area contributed by atoms with E-state index in [9.17, 15) is 4.79 Å². The van der Waals surface area contributed by atoms with Crippen LogP contribution >= 0.6 is 0 Å². The molecule has 0 fully saturated rings. The number of benzene rings is 1. The standard InChI is InChI=1S/C18H16N4O3/c23-15-9-20-17(21-10-15)18(24)22-8-14-6-7-19-11-16(14)25-12-13-4-2-1-3-5-13/h1-7,9-11,23H,8,12H2,(H,22,24). The summed E-state index contributed by atoms with van der Waals surface area (Å²) in [6, 6.07) is 11.6. The number of nitrogens with one attached hydrogen (secondary N) is 1. The average Bonchev–Trinajstić information content (AvgIpc) is 2.66. The summed E-state index contributed by atoms with van der Waals surface area (Å²) in [6.07, 6.45) is 5.58. The number of carbonyl (C=O) groups excluding carboxylic acids is 1. The molecule has 0 aliphatic rings. The molecule has 1 aromatic carbocycles. The smallest absolute Gasteiger partial charge is 0.289 e. The second kappa shape index (κ2) is 7.87. The fourth-order valence-electron chi connectivity index (χ4n) is 2.11. The highest BCUT2D eigenvalue weighted by Gasteiger charge is 2.11. The molecule has 2 aromatic heterocycles. The molecule has 3 rings (SSSR count). The summed E-state index contributed by atoms with van der Waals surface area (Å²) < 4.78 is 5.80. The van der Waals surface area contributed by atoms with Gasteiger partial charge in [0.05, 0.1) is 18.6 Å². The van der Waals surface area contributed by atoms with Gasteiger partial charge < -0.3 is 15.2 Å². The first-order chi connectivity index (χ1) is 12.2. The van der Waals surface area contributed by atoms with Gasteiger partial charge in [0.2, 0.25) is 5.82 Å². The maximum atomic E-state index is 12.0. The summed E-state index contributed by atoms with van der Waals surface area (Å²) >= 11 is 0. The monoisotopic (exact) mass is 336 g/mol. The van der Waals surface area contributed by atoms with Crippen LogP contribution in [0.1, 0.15) is 21.7 Å². The van der Waals surface area contributed by atoms with Gasteiger partial charge in [0.25, 0.3) is 5.91 Å². The van der Waals surface area contributed by atoms with Crippen LogP contribution in [0.2, 0.25) is 0 Å². The molecule has 25 heavy (non-hydrogen) atoms. The minimum absolute atomic E-state index is 0.0152. The number of aromatic hydroxyl groups is 1. The predicted molar refractivity (Wildman–Crippen MR) is 89.9 cm³/mol. The van der Waals surface area contributed by atoms with Gasteiger partial charge in [-0.15, -0.1) is 0 Å². The SMILES string of the molecule is O=C(NCc1ccncc1OCc1ccccc1)c1ncc(O)cn1. The highest BCUT2D eigenvalue weighted by Crippen LogP contribution is 2.18. The summed E-state index contributed by atoms with van der Waals surface area (Å²) in [5.41, 5.74) is 1.83. The van der Waals surface area contributed by atoms with Crippen molar-refractivity contribution < 1.29 is 14.6 Å². The molecule has 0 spiro atoms. The number of carbonyl (C=O) groups is 1. The number of amides is 1. The van der Waals surface area contributed by atoms with E-state index in [2.05, 4.69) is 20.3 Å². The quantitative estimate of drug-likeness (QED) is 0.715. The van der Waals surface area contributed by atoms with E-state index in [4.69, 9.17) is 9.84 Å². The van der Waals surface area contributed by atoms with E-state index in [1.807, 2.05) is 30.3 Å². The van der Waals surface area contributed by atoms with Crippen molar-refractivity contribution in [2.24, 2.45) is 0 Å². The summed E-state index contributed by atoms with van der Waals surface area (Å²) in [6.45, 7) is 0.657. The number of nitrogens with zero attached hydrogens (tertiary/aromatic N) is 3. The van der Waals surface area contributed by atoms with Crippen molar-refractivity contribution in [2.75, 3.05) is 0 Å². The summed E-state index contributed by atoms with van der Waals surface area (Å²) in [5.74, 6) is 0.0463. The molecule has 0 radical (unpaired) electrons. The highest BCUT2D eigenvalue weighted by molar-refractivity contribution is 5.90. The van der Waals surface area contributed by atoms with Crippen LogP contribution in [0.4, 0.5) is 0 Å². The van der Waals surface area contributed by atoms with E-state index in [1.54, 1.807) is 18.5 Å². The molecule has 0 saturated carbocycles. The van der Waals surface area contributed by atoms with Crippen molar-refractivity contribution in [3.05, 3.63) is 78.1 Å². The molecule has 3 aromatic rings. The largest absolute Gasteiger partial charge is 0.505 e. The van der Waals surface area contributed by atoms with E-state index in [-0.39, 0.29) is 18.1 Å². The number of hydrogen-bond donors (Lipinski definition) is 2. The Morgan fingerprint density at radius 1 is 1.08 bits per heavy atom. The normalized spacial score (nSPS) is 10.2. The van der Waals surface area contributed by atoms with Gasteiger partial charge in [-0.3, -0.25) is 9.78 Å². The molecule has 7 nitrogen and oxygen atoms in total. The highest BCUT2D eigenvalue weighted by atomic mass is 16.5. The average molecular weight is 336 g/mol. The van der Waals surface area contributed by atoms with E-state index >= 15 is 0 Å². The molecule has 0 aliphatic carbocycles. The first-order valence-corrected chi connectivity index (χ1v) is 7.61. The second-order valence-electron chi connectivity index (χ2n) is 5.21. The lowest BCUT2D eigenvalue weighted by Gasteiger charge is -2.11. The van der Waals surface area contributed by atoms with Gasteiger partial charge in [-0.05, 0) is 11.6 Å². The molecule has 0 bridgehead atoms. The Bertz CT molecular complexity index is 838. The molecule has 0 unspecified atom stereocenters. The van der Waals surface area contributed by atoms with Crippen LogP contribution in [-0.2, 0) is 13.2 Å². The van der Waals surface area contributed by atoms with E-state index in [1.165, 1.54) is 12.4 Å². The number of hydrogen-bond acceptors (Lipinski definition) is 6. The van der Waals surface area contributed by atoms with Gasteiger partial charge in [-0.1, -0.05) is 30.3 Å². The van der Waals surface area contributed by atoms with Gasteiger partial charge in [-0.2, -0.15) is 0 Å². The maximum absolute atomic E-state index is 12.0. The fraction of sp³-hybridized carbons (Fsp3) is 0.111. The number of pyridine rings is 1. The molecular formula is C18H16N4O3. The first kappa shape index (κ1) is 16.4. The van der Waals surface area contributed by atoms with Crippen LogP contribution in [0.3, 0.4) is 0 Å². The second-order valence-corrected chi connectivity index (χ2v) is 5.21. The van der Waals surface area contributed by atoms with Crippen molar-refractivity contribution in [3.63, 3.8) is 0 Å². The molecule has 0 atom stereocenters. The molecule has 7 heteroatoms. The van der Waals surface area contributed by atoms with Gasteiger partial charge in [0.1, 0.15) is 12.4 Å². The zero-order valence-electron chi connectivity index (χ0n) is 13.3. The van der Waals surface area contributed by atoms with Crippen LogP contribution in [-0.4, -0.2) is 26.0 Å². The van der Waals surface area contributed by atoms with Crippen LogP contribution < -0.4 is 10.1 Å². The van der Waals surface area contributed by atoms with Gasteiger partial charge in [0, 0.05) is 18.3 Å². The molecular weight excluding hydrogens is 320 g/mol. The van der Waals surface area contributed by atoms with Crippen LogP contribution in [0.5, 0.6) is 11.5 Å². The molecule has 0 saturated heterocycles. The molecule has 0 aliphatic heterocycles. The van der Waals surface area contributed by atoms with Crippen molar-refractivity contribution >= 4 is 5.91 Å². The Labute approximate surface area is 144 Å². The first-order valence-electron chi connectivity index (χ1n) is 7.61. The van der Waals surface area contributed by atoms with Crippen LogP contribution in [0.25, 0.3) is 0 Å². The van der Waals surface area contributed by atoms with E-state index in [0.717, 1.165) is 11.1 Å². The summed E-state index contributed by atoms with van der Waals surface area (Å²) in [5, 5.41) is 11.9. The molecule has 2 heterocycles. The summed E-state index contributed by atoms with van der Waals surface area (Å²) in [7, 11) is 0. The third-order valence-electron chi connectivity index (χ3n) is 3.39. The van der Waals surface area contributed by atoms with E-state index < -0.39 is 5.91 Å². The van der Waals surface area contributed by atoms with Crippen molar-refractivity contribution in [1.29, 1.82) is 0 Å². The number of rotatable bonds is 6. The predicted octanol–water partition coefficient (Wildman–Crippen LogP) is 2.09. The fourth-order valence-corrected chi connectivity index (χ4v) is 2.11. The lowest BCUT2D eigenvalue weighted by atomic mass is 10.2. The molecule has 2 N–H and O–H groups in total. The van der Waals surface area contributed by atoms with Gasteiger partial charge >= 0.3 is 0 Å². The Morgan fingerprint density at radius 3 is 2.60 bits per heavy atom. The molecule has 1 amide bonds. The lowest BCUT2D eigenvalue weighted by molar-refractivity contribution is 0.0940. The zero-order valence-corrected chi connectivity index (χ0v) is 13.3. The zero-order chi connectivity index (χ0) is 17.5. The van der Waals surface area contributed by atoms with Crippen LogP contribution in [0.15, 0.2) is 61.2 Å². The van der Waals surface area contributed by atoms with E-state index in [0.29, 0.717) is 12.4 Å². The van der Waals surface area contributed by atoms with Crippen molar-refractivity contribution in [1.82, 2.24) is 20.3 Å². The van der Waals surface area contributed by atoms with Gasteiger partial charge in [0.15, 0.2) is 5.75 Å². The topological polar surface area (TPSA) is 97.2 Å². The van der Waals surface area contributed by atoms with Gasteiger partial charge in [-0.25, -0.2) is 9.97 Å². The molecule has 126 valence electrons. The summed E-state index contributed by atoms with van der Waals surface area (Å²) in [4.78, 5) is 23.7. The number of ether oxygens (including phenoxy) is 1. The Hall–Kier alpha value is -3.48. The Balaban J connectivity index is 1.62. The minimum Gasteiger partial charge on any atom is -0.505 e. The Kier molecular flexibility index (Phi) is 5.16. The maximum Gasteiger partial charge on any atom is 0.289 e. The third-order valence-corrected chi connectivity index (χ3v) is 3.39. The number of aromatic nitrogens is 3. The van der Waals surface area contributed by atoms with Crippen molar-refractivity contribution in [2.45, 2.75) is 13.2 Å². The Morgan fingerprint density at radius 2 is 1.84 bits per heavy atom. The lowest BCUT2D eigenvalue weighted by Crippen LogP contribution is -2.25. The minimum atomic E-state index is -0.439. The third kappa shape index (κ3) is 4.51.